The van der Waals surface area contributed by atoms with Crippen molar-refractivity contribution in [2.24, 2.45) is 11.7 Å². The Hall–Kier alpha value is -4.95. The number of nitrogens with zero attached hydrogens (tertiary/aromatic N) is 2. The van der Waals surface area contributed by atoms with E-state index in [2.05, 4.69) is 12.4 Å². The Morgan fingerprint density at radius 3 is 2.18 bits per heavy atom. The second kappa shape index (κ2) is 17.1. The number of anilines is 1. The van der Waals surface area contributed by atoms with Gasteiger partial charge in [-0.3, -0.25) is 9.59 Å². The van der Waals surface area contributed by atoms with E-state index in [0.717, 1.165) is 29.8 Å². The minimum atomic E-state index is -5.08. The van der Waals surface area contributed by atoms with Crippen molar-refractivity contribution in [3.05, 3.63) is 88.9 Å². The normalized spacial score (nSPS) is 17.5. The van der Waals surface area contributed by atoms with Gasteiger partial charge in [-0.05, 0) is 54.1 Å². The maximum absolute atomic E-state index is 14.0. The number of carbonyl (C=O) groups is 4. The van der Waals surface area contributed by atoms with Crippen molar-refractivity contribution in [1.82, 2.24) is 0 Å². The van der Waals surface area contributed by atoms with Crippen molar-refractivity contribution in [2.45, 2.75) is 51.9 Å². The highest BCUT2D eigenvalue weighted by Crippen LogP contribution is 2.24. The van der Waals surface area contributed by atoms with Gasteiger partial charge in [0.05, 0.1) is 19.5 Å². The van der Waals surface area contributed by atoms with Crippen LogP contribution in [0.4, 0.5) is 23.7 Å². The van der Waals surface area contributed by atoms with E-state index in [-0.39, 0.29) is 24.1 Å². The lowest BCUT2D eigenvalue weighted by molar-refractivity contribution is -0.918. The van der Waals surface area contributed by atoms with E-state index in [1.54, 1.807) is 50.2 Å². The predicted molar refractivity (Wildman–Crippen MR) is 180 cm³/mol. The molecule has 3 aromatic rings. The molecule has 15 heteroatoms. The Morgan fingerprint density at radius 2 is 1.64 bits per heavy atom. The number of ether oxygens (including phenoxy) is 1. The molecule has 0 radical (unpaired) electrons. The van der Waals surface area contributed by atoms with Gasteiger partial charge in [-0.2, -0.15) is 22.5 Å². The van der Waals surface area contributed by atoms with Crippen LogP contribution in [-0.4, -0.2) is 81.2 Å². The molecule has 4 rings (SSSR count). The van der Waals surface area contributed by atoms with E-state index in [1.807, 2.05) is 24.3 Å². The lowest BCUT2D eigenvalue weighted by Crippen LogP contribution is -2.56. The van der Waals surface area contributed by atoms with Crippen LogP contribution in [0.25, 0.3) is 0 Å². The van der Waals surface area contributed by atoms with Gasteiger partial charge in [0.15, 0.2) is 6.04 Å². The molecule has 0 bridgehead atoms. The van der Waals surface area contributed by atoms with E-state index in [0.29, 0.717) is 40.5 Å². The van der Waals surface area contributed by atoms with Gasteiger partial charge in [0.1, 0.15) is 36.0 Å². The maximum Gasteiger partial charge on any atom is 0.496 e. The molecule has 1 aliphatic rings. The monoisotopic (exact) mass is 720 g/mol. The first-order chi connectivity index (χ1) is 23.4. The Bertz CT molecular complexity index is 1710. The zero-order chi connectivity index (χ0) is 37.2. The number of quaternary nitrogens is 1. The summed E-state index contributed by atoms with van der Waals surface area (Å²) in [6.45, 7) is 5.63. The molecule has 0 aromatic heterocycles. The molecule has 1 saturated heterocycles. The third-order valence-electron chi connectivity index (χ3n) is 7.78. The minimum absolute atomic E-state index is 0.104. The number of aliphatic carboxylic acids is 1. The number of rotatable bonds is 9. The van der Waals surface area contributed by atoms with Crippen LogP contribution in [0.5, 0.6) is 11.5 Å². The van der Waals surface area contributed by atoms with E-state index < -0.39 is 30.1 Å². The third-order valence-corrected chi connectivity index (χ3v) is 8.02. The molecule has 3 amide bonds. The number of carbonyl (C=O) groups excluding carboxylic acids is 3. The second-order valence-corrected chi connectivity index (χ2v) is 12.9. The maximum atomic E-state index is 14.0. The highest BCUT2D eigenvalue weighted by molar-refractivity contribution is 6.30. The molecule has 0 spiro atoms. The number of nitrogens with two attached hydrogens (primary N) is 1. The minimum Gasteiger partial charge on any atom is -0.508 e. The van der Waals surface area contributed by atoms with Crippen molar-refractivity contribution in [3.8, 4) is 11.5 Å². The number of nitrogens with one attached hydrogen (secondary N) is 1. The van der Waals surface area contributed by atoms with Crippen LogP contribution in [0.2, 0.25) is 5.02 Å². The molecule has 50 heavy (non-hydrogen) atoms. The fraction of sp³-hybridized carbons (Fsp3) is 0.343. The second-order valence-electron chi connectivity index (χ2n) is 12.5. The molecule has 0 aliphatic carbocycles. The lowest BCUT2D eigenvalue weighted by Gasteiger charge is -2.38. The van der Waals surface area contributed by atoms with Gasteiger partial charge in [-0.15, -0.1) is 0 Å². The first kappa shape index (κ1) is 39.5. The number of hydrogen-bond acceptors (Lipinski definition) is 6. The summed E-state index contributed by atoms with van der Waals surface area (Å²) in [5.74, 6) is -3.55. The first-order valence-electron chi connectivity index (χ1n) is 15.6. The van der Waals surface area contributed by atoms with Crippen LogP contribution < -0.4 is 15.8 Å². The molecule has 268 valence electrons. The van der Waals surface area contributed by atoms with Crippen LogP contribution in [0.1, 0.15) is 37.8 Å². The summed E-state index contributed by atoms with van der Waals surface area (Å²) in [4.78, 5) is 47.8. The number of carboxylic acids is 1. The van der Waals surface area contributed by atoms with Gasteiger partial charge in [0.25, 0.3) is 5.91 Å². The summed E-state index contributed by atoms with van der Waals surface area (Å²) in [6, 6.07) is 19.3. The van der Waals surface area contributed by atoms with Crippen molar-refractivity contribution >= 4 is 46.9 Å². The summed E-state index contributed by atoms with van der Waals surface area (Å²) in [5, 5.41) is 20.4. The number of benzene rings is 3. The summed E-state index contributed by atoms with van der Waals surface area (Å²) in [7, 11) is 2.13. The lowest BCUT2D eigenvalue weighted by atomic mass is 10.0. The van der Waals surface area contributed by atoms with E-state index in [4.69, 9.17) is 32.0 Å². The Labute approximate surface area is 292 Å². The van der Waals surface area contributed by atoms with Crippen LogP contribution in [0, 0.1) is 5.92 Å². The van der Waals surface area contributed by atoms with Crippen LogP contribution >= 0.6 is 11.6 Å². The van der Waals surface area contributed by atoms with Gasteiger partial charge in [0, 0.05) is 29.8 Å². The summed E-state index contributed by atoms with van der Waals surface area (Å²) < 4.78 is 39.2. The summed E-state index contributed by atoms with van der Waals surface area (Å²) in [6.07, 6.45) is -3.47. The van der Waals surface area contributed by atoms with E-state index in [9.17, 15) is 32.7 Å². The van der Waals surface area contributed by atoms with Crippen molar-refractivity contribution in [3.63, 3.8) is 0 Å². The molecule has 1 fully saturated rings. The average Bonchev–Trinajstić information content (AvgIpc) is 3.02. The Kier molecular flexibility index (Phi) is 13.5. The highest BCUT2D eigenvalue weighted by Gasteiger charge is 2.40. The van der Waals surface area contributed by atoms with Crippen LogP contribution in [0.3, 0.4) is 0 Å². The molecule has 5 N–H and O–H groups in total. The Balaban J connectivity index is 0.000000872. The SMILES string of the molecule is CC(C)C(=O)Oc1ccc(NC(=O)/[N+](=C2\CCC[N+](C)(Cc3cccc(Cl)c3)C2)[C@@H](Cc2ccc(O)cc2)C(N)=O)cc1.O=C(O)C(F)(F)F. The van der Waals surface area contributed by atoms with Gasteiger partial charge < -0.3 is 25.2 Å². The number of urea groups is 1. The molecular formula is C35H40ClF3N4O7+2. The topological polar surface area (TPSA) is 159 Å². The van der Waals surface area contributed by atoms with Gasteiger partial charge >= 0.3 is 24.1 Å². The molecule has 1 unspecified atom stereocenters. The van der Waals surface area contributed by atoms with Crippen LogP contribution in [0.15, 0.2) is 72.8 Å². The number of hydrogen-bond donors (Lipinski definition) is 4. The van der Waals surface area contributed by atoms with Crippen molar-refractivity contribution in [1.29, 1.82) is 0 Å². The standard InChI is InChI=1S/C33H37ClN4O5.C2HF3O2/c1-22(2)32(41)43-29-15-11-26(12-16-29)36-33(42)37(30(31(35)40)19-23-9-13-28(39)14-10-23)27-8-5-17-38(3,21-27)20-24-6-4-7-25(34)18-24;3-2(4,5)1(6)7/h4,6-7,9-16,18,22,30H,5,8,17,19-21H2,1-3H3,(H2-2,35,36,39,40,42);(H,6,7)/p+2/b37-27+;/t30-,38?;/m0./s1. The number of amides is 3. The third kappa shape index (κ3) is 11.9. The smallest absolute Gasteiger partial charge is 0.496 e. The van der Waals surface area contributed by atoms with E-state index in [1.165, 1.54) is 16.7 Å². The molecule has 2 atom stereocenters. The number of likely N-dealkylation sites (tertiary alicyclic amines) is 1. The molecule has 1 aliphatic heterocycles. The number of aromatic hydroxyl groups is 1. The number of alkyl halides is 3. The average molecular weight is 721 g/mol. The fourth-order valence-electron chi connectivity index (χ4n) is 5.38. The number of phenolic OH excluding ortho intramolecular Hbond substituents is 1. The number of esters is 1. The molecule has 1 heterocycles. The van der Waals surface area contributed by atoms with E-state index >= 15 is 0 Å². The number of piperidine rings is 1. The predicted octanol–water partition coefficient (Wildman–Crippen LogP) is 5.76. The first-order valence-corrected chi connectivity index (χ1v) is 16.0. The van der Waals surface area contributed by atoms with Crippen LogP contribution in [-0.2, 0) is 27.3 Å². The van der Waals surface area contributed by atoms with Gasteiger partial charge in [-0.1, -0.05) is 49.7 Å². The van der Waals surface area contributed by atoms with Gasteiger partial charge in [-0.25, -0.2) is 10.1 Å². The van der Waals surface area contributed by atoms with Crippen molar-refractivity contribution < 1.29 is 56.4 Å². The number of primary amides is 1. The molecular weight excluding hydrogens is 681 g/mol. The number of phenols is 1. The zero-order valence-electron chi connectivity index (χ0n) is 27.7. The zero-order valence-corrected chi connectivity index (χ0v) is 28.5. The largest absolute Gasteiger partial charge is 0.508 e. The fourth-order valence-corrected chi connectivity index (χ4v) is 5.59. The molecule has 11 nitrogen and oxygen atoms in total. The summed E-state index contributed by atoms with van der Waals surface area (Å²) >= 11 is 6.25. The number of halogens is 4. The quantitative estimate of drug-likeness (QED) is 0.0947. The molecule has 3 aromatic carbocycles. The summed E-state index contributed by atoms with van der Waals surface area (Å²) in [5.41, 5.74) is 9.07. The highest BCUT2D eigenvalue weighted by atomic mass is 35.5. The molecule has 0 saturated carbocycles. The van der Waals surface area contributed by atoms with Crippen molar-refractivity contribution in [2.75, 3.05) is 25.5 Å². The Morgan fingerprint density at radius 1 is 1.02 bits per heavy atom. The number of carboxylic acid groups (broad SMARTS) is 1. The van der Waals surface area contributed by atoms with Gasteiger partial charge in [0.2, 0.25) is 0 Å².